The highest BCUT2D eigenvalue weighted by Gasteiger charge is 2.01. The predicted molar refractivity (Wildman–Crippen MR) is 65.5 cm³/mol. The van der Waals surface area contributed by atoms with E-state index in [0.717, 1.165) is 6.26 Å². The number of hydrogen-bond donors (Lipinski definition) is 2. The molecule has 0 aliphatic carbocycles. The van der Waals surface area contributed by atoms with Crippen molar-refractivity contribution < 1.29 is 21.4 Å². The molecule has 0 bridgehead atoms. The van der Waals surface area contributed by atoms with E-state index in [-0.39, 0.29) is 0 Å². The summed E-state index contributed by atoms with van der Waals surface area (Å²) in [5, 5.41) is 0.645. The molecule has 17 heavy (non-hydrogen) atoms. The van der Waals surface area contributed by atoms with Crippen LogP contribution < -0.4 is 4.72 Å². The van der Waals surface area contributed by atoms with Gasteiger partial charge in [0.25, 0.3) is 10.1 Å². The van der Waals surface area contributed by atoms with Gasteiger partial charge in [0.15, 0.2) is 0 Å². The van der Waals surface area contributed by atoms with Crippen LogP contribution in [0.4, 0.5) is 5.69 Å². The van der Waals surface area contributed by atoms with Crippen molar-refractivity contribution in [3.05, 3.63) is 35.2 Å². The van der Waals surface area contributed by atoms with Gasteiger partial charge in [0.05, 0.1) is 11.7 Å². The molecule has 0 heterocycles. The molecule has 6 nitrogen and oxygen atoms in total. The van der Waals surface area contributed by atoms with Gasteiger partial charge in [-0.3, -0.25) is 9.27 Å². The van der Waals surface area contributed by atoms with Crippen molar-refractivity contribution in [2.75, 3.05) is 11.0 Å². The van der Waals surface area contributed by atoms with Crippen LogP contribution in [0.5, 0.6) is 0 Å². The smallest absolute Gasteiger partial charge is 0.284 e. The van der Waals surface area contributed by atoms with Crippen LogP contribution in [0.2, 0.25) is 0 Å². The van der Waals surface area contributed by atoms with Crippen molar-refractivity contribution in [2.24, 2.45) is 0 Å². The Labute approximate surface area is 99.8 Å². The molecule has 0 atom stereocenters. The second-order valence-corrected chi connectivity index (χ2v) is 6.36. The summed E-state index contributed by atoms with van der Waals surface area (Å²) in [5.74, 6) is 0. The third kappa shape index (κ3) is 6.05. The first-order valence-corrected chi connectivity index (χ1v) is 7.79. The van der Waals surface area contributed by atoms with E-state index >= 15 is 0 Å². The van der Waals surface area contributed by atoms with Gasteiger partial charge < -0.3 is 0 Å². The average molecular weight is 277 g/mol. The highest BCUT2D eigenvalue weighted by molar-refractivity contribution is 7.92. The molecule has 0 aromatic heterocycles. The van der Waals surface area contributed by atoms with E-state index in [2.05, 4.69) is 4.72 Å². The summed E-state index contributed by atoms with van der Waals surface area (Å²) >= 11 is 0. The Balaban J connectivity index is 2.86. The quantitative estimate of drug-likeness (QED) is 0.797. The van der Waals surface area contributed by atoms with Crippen LogP contribution in [-0.4, -0.2) is 27.6 Å². The van der Waals surface area contributed by atoms with Gasteiger partial charge in [-0.25, -0.2) is 8.42 Å². The molecular weight excluding hydrogens is 266 g/mol. The van der Waals surface area contributed by atoms with Crippen molar-refractivity contribution in [3.8, 4) is 0 Å². The van der Waals surface area contributed by atoms with Gasteiger partial charge in [0.1, 0.15) is 0 Å². The number of sulfonamides is 1. The SMILES string of the molecule is CS(=O)(=O)Nc1ccc(C=CS(=O)(=O)O)cc1. The summed E-state index contributed by atoms with van der Waals surface area (Å²) < 4.78 is 53.4. The van der Waals surface area contributed by atoms with Crippen LogP contribution in [0, 0.1) is 0 Å². The topological polar surface area (TPSA) is 101 Å². The van der Waals surface area contributed by atoms with Crippen LogP contribution in [0.25, 0.3) is 6.08 Å². The van der Waals surface area contributed by atoms with E-state index < -0.39 is 20.1 Å². The van der Waals surface area contributed by atoms with Crippen LogP contribution in [0.15, 0.2) is 29.7 Å². The summed E-state index contributed by atoms with van der Waals surface area (Å²) in [6.45, 7) is 0. The van der Waals surface area contributed by atoms with E-state index in [1.165, 1.54) is 30.3 Å². The predicted octanol–water partition coefficient (Wildman–Crippen LogP) is 0.917. The molecular formula is C9H11NO5S2. The highest BCUT2D eigenvalue weighted by atomic mass is 32.2. The maximum absolute atomic E-state index is 10.9. The first-order chi connectivity index (χ1) is 7.66. The standard InChI is InChI=1S/C9H11NO5S2/c1-16(11,12)10-9-4-2-8(3-5-9)6-7-17(13,14)15/h2-7,10H,1H3,(H,13,14,15). The molecule has 0 fully saturated rings. The van der Waals surface area contributed by atoms with E-state index in [0.29, 0.717) is 16.7 Å². The summed E-state index contributed by atoms with van der Waals surface area (Å²) in [4.78, 5) is 0. The van der Waals surface area contributed by atoms with Crippen molar-refractivity contribution in [2.45, 2.75) is 0 Å². The maximum Gasteiger partial charge on any atom is 0.287 e. The molecule has 0 spiro atoms. The monoisotopic (exact) mass is 277 g/mol. The zero-order valence-electron chi connectivity index (χ0n) is 8.86. The minimum Gasteiger partial charge on any atom is -0.284 e. The van der Waals surface area contributed by atoms with Gasteiger partial charge in [-0.2, -0.15) is 8.42 Å². The van der Waals surface area contributed by atoms with Crippen LogP contribution >= 0.6 is 0 Å². The van der Waals surface area contributed by atoms with Crippen molar-refractivity contribution in [1.82, 2.24) is 0 Å². The number of rotatable bonds is 4. The number of hydrogen-bond acceptors (Lipinski definition) is 4. The normalized spacial score (nSPS) is 12.8. The highest BCUT2D eigenvalue weighted by Crippen LogP contribution is 2.12. The summed E-state index contributed by atoms with van der Waals surface area (Å²) in [5.41, 5.74) is 0.887. The molecule has 0 saturated heterocycles. The van der Waals surface area contributed by atoms with Crippen LogP contribution in [0.1, 0.15) is 5.56 Å². The number of benzene rings is 1. The number of anilines is 1. The summed E-state index contributed by atoms with van der Waals surface area (Å²) in [6.07, 6.45) is 2.22. The maximum atomic E-state index is 10.9. The molecule has 8 heteroatoms. The average Bonchev–Trinajstić information content (AvgIpc) is 2.13. The minimum absolute atomic E-state index is 0.372. The molecule has 94 valence electrons. The molecule has 0 amide bonds. The summed E-state index contributed by atoms with van der Waals surface area (Å²) in [6, 6.07) is 5.97. The molecule has 2 N–H and O–H groups in total. The second-order valence-electron chi connectivity index (χ2n) is 3.31. The lowest BCUT2D eigenvalue weighted by Crippen LogP contribution is -2.09. The van der Waals surface area contributed by atoms with Crippen LogP contribution in [0.3, 0.4) is 0 Å². The van der Waals surface area contributed by atoms with Crippen LogP contribution in [-0.2, 0) is 20.1 Å². The van der Waals surface area contributed by atoms with Gasteiger partial charge in [0.2, 0.25) is 10.0 Å². The molecule has 0 saturated carbocycles. The molecule has 1 aromatic carbocycles. The zero-order chi connectivity index (χ0) is 13.1. The van der Waals surface area contributed by atoms with Gasteiger partial charge in [-0.1, -0.05) is 12.1 Å². The third-order valence-electron chi connectivity index (χ3n) is 1.65. The minimum atomic E-state index is -4.15. The van der Waals surface area contributed by atoms with E-state index in [1.807, 2.05) is 0 Å². The Morgan fingerprint density at radius 2 is 1.65 bits per heavy atom. The third-order valence-corrected chi connectivity index (χ3v) is 2.73. The van der Waals surface area contributed by atoms with Gasteiger partial charge in [-0.15, -0.1) is 0 Å². The molecule has 0 radical (unpaired) electrons. The first kappa shape index (κ1) is 13.7. The second kappa shape index (κ2) is 4.86. The molecule has 1 rings (SSSR count). The van der Waals surface area contributed by atoms with Crippen molar-refractivity contribution in [3.63, 3.8) is 0 Å². The largest absolute Gasteiger partial charge is 0.287 e. The van der Waals surface area contributed by atoms with E-state index in [9.17, 15) is 16.8 Å². The Morgan fingerprint density at radius 1 is 1.12 bits per heavy atom. The Hall–Kier alpha value is -1.38. The van der Waals surface area contributed by atoms with Gasteiger partial charge >= 0.3 is 0 Å². The fourth-order valence-corrected chi connectivity index (χ4v) is 1.93. The summed E-state index contributed by atoms with van der Waals surface area (Å²) in [7, 11) is -7.48. The lowest BCUT2D eigenvalue weighted by molar-refractivity contribution is 0.494. The Kier molecular flexibility index (Phi) is 3.91. The lowest BCUT2D eigenvalue weighted by Gasteiger charge is -2.03. The first-order valence-electron chi connectivity index (χ1n) is 4.39. The van der Waals surface area contributed by atoms with Crippen molar-refractivity contribution in [1.29, 1.82) is 0 Å². The zero-order valence-corrected chi connectivity index (χ0v) is 10.5. The Bertz CT molecular complexity index is 614. The Morgan fingerprint density at radius 3 is 2.06 bits per heavy atom. The van der Waals surface area contributed by atoms with Crippen molar-refractivity contribution >= 4 is 31.9 Å². The number of nitrogens with one attached hydrogen (secondary N) is 1. The fraction of sp³-hybridized carbons (Fsp3) is 0.111. The molecule has 0 aliphatic heterocycles. The van der Waals surface area contributed by atoms with E-state index in [4.69, 9.17) is 4.55 Å². The van der Waals surface area contributed by atoms with E-state index in [1.54, 1.807) is 0 Å². The van der Waals surface area contributed by atoms with Gasteiger partial charge in [-0.05, 0) is 23.8 Å². The molecule has 0 aliphatic rings. The lowest BCUT2D eigenvalue weighted by atomic mass is 10.2. The molecule has 1 aromatic rings. The molecule has 0 unspecified atom stereocenters. The van der Waals surface area contributed by atoms with Gasteiger partial charge in [0, 0.05) is 5.69 Å². The fourth-order valence-electron chi connectivity index (χ4n) is 1.04.